The van der Waals surface area contributed by atoms with Gasteiger partial charge in [0.2, 0.25) is 17.7 Å². The molecule has 196 valence electrons. The van der Waals surface area contributed by atoms with Gasteiger partial charge in [0.15, 0.2) is 0 Å². The van der Waals surface area contributed by atoms with Crippen molar-refractivity contribution in [3.05, 3.63) is 41.0 Å². The van der Waals surface area contributed by atoms with E-state index < -0.39 is 12.1 Å². The molecule has 1 aromatic heterocycles. The van der Waals surface area contributed by atoms with Crippen molar-refractivity contribution in [3.63, 3.8) is 0 Å². The predicted molar refractivity (Wildman–Crippen MR) is 144 cm³/mol. The van der Waals surface area contributed by atoms with Gasteiger partial charge in [-0.25, -0.2) is 4.98 Å². The van der Waals surface area contributed by atoms with Crippen LogP contribution in [0.1, 0.15) is 71.1 Å². The minimum Gasteiger partial charge on any atom is -0.350 e. The highest BCUT2D eigenvalue weighted by molar-refractivity contribution is 7.13. The van der Waals surface area contributed by atoms with E-state index in [1.54, 1.807) is 16.2 Å². The SMILES string of the molecule is CCC(C)C(NC(=O)CCC(C)C)C(=O)N1CCCC1C(=O)NCc1ccc(-c2scnc2C)cc1. The van der Waals surface area contributed by atoms with Crippen LogP contribution in [0.15, 0.2) is 29.8 Å². The van der Waals surface area contributed by atoms with E-state index in [-0.39, 0.29) is 23.6 Å². The van der Waals surface area contributed by atoms with Crippen LogP contribution >= 0.6 is 11.3 Å². The third kappa shape index (κ3) is 7.15. The van der Waals surface area contributed by atoms with Crippen LogP contribution in [0.4, 0.5) is 0 Å². The van der Waals surface area contributed by atoms with E-state index in [9.17, 15) is 14.4 Å². The van der Waals surface area contributed by atoms with Crippen molar-refractivity contribution in [1.82, 2.24) is 20.5 Å². The first-order chi connectivity index (χ1) is 17.2. The van der Waals surface area contributed by atoms with Gasteiger partial charge in [-0.15, -0.1) is 11.3 Å². The third-order valence-electron chi connectivity index (χ3n) is 7.01. The molecule has 1 aliphatic heterocycles. The minimum atomic E-state index is -0.606. The van der Waals surface area contributed by atoms with E-state index in [4.69, 9.17) is 0 Å². The number of aryl methyl sites for hydroxylation is 1. The normalized spacial score (nSPS) is 17.2. The molecule has 3 amide bonds. The highest BCUT2D eigenvalue weighted by Crippen LogP contribution is 2.27. The van der Waals surface area contributed by atoms with E-state index in [2.05, 4.69) is 29.5 Å². The first kappa shape index (κ1) is 27.8. The number of nitrogens with zero attached hydrogens (tertiary/aromatic N) is 2. The van der Waals surface area contributed by atoms with Gasteiger partial charge in [0.1, 0.15) is 12.1 Å². The van der Waals surface area contributed by atoms with Gasteiger partial charge in [0.25, 0.3) is 0 Å². The molecule has 0 aliphatic carbocycles. The molecule has 2 aromatic rings. The summed E-state index contributed by atoms with van der Waals surface area (Å²) in [4.78, 5) is 46.3. The molecular formula is C28H40N4O3S. The molecule has 1 aromatic carbocycles. The largest absolute Gasteiger partial charge is 0.350 e. The average molecular weight is 513 g/mol. The summed E-state index contributed by atoms with van der Waals surface area (Å²) in [5.41, 5.74) is 4.97. The van der Waals surface area contributed by atoms with Crippen molar-refractivity contribution in [2.45, 2.75) is 85.4 Å². The molecule has 1 fully saturated rings. The molecule has 0 saturated carbocycles. The Morgan fingerprint density at radius 3 is 2.50 bits per heavy atom. The zero-order chi connectivity index (χ0) is 26.2. The van der Waals surface area contributed by atoms with Gasteiger partial charge in [-0.2, -0.15) is 0 Å². The molecule has 8 heteroatoms. The summed E-state index contributed by atoms with van der Waals surface area (Å²) in [7, 11) is 0. The summed E-state index contributed by atoms with van der Waals surface area (Å²) >= 11 is 1.61. The highest BCUT2D eigenvalue weighted by atomic mass is 32.1. The molecule has 7 nitrogen and oxygen atoms in total. The Labute approximate surface area is 219 Å². The van der Waals surface area contributed by atoms with Gasteiger partial charge in [-0.3, -0.25) is 14.4 Å². The lowest BCUT2D eigenvalue weighted by atomic mass is 9.96. The summed E-state index contributed by atoms with van der Waals surface area (Å²) in [6, 6.07) is 7.01. The number of carbonyl (C=O) groups is 3. The number of rotatable bonds is 11. The molecule has 0 spiro atoms. The fourth-order valence-electron chi connectivity index (χ4n) is 4.49. The first-order valence-corrected chi connectivity index (χ1v) is 14.0. The van der Waals surface area contributed by atoms with Crippen LogP contribution in [-0.4, -0.2) is 46.2 Å². The molecule has 1 saturated heterocycles. The van der Waals surface area contributed by atoms with E-state index in [1.807, 2.05) is 50.5 Å². The van der Waals surface area contributed by atoms with Crippen molar-refractivity contribution in [1.29, 1.82) is 0 Å². The van der Waals surface area contributed by atoms with Gasteiger partial charge in [0.05, 0.1) is 16.1 Å². The maximum atomic E-state index is 13.5. The van der Waals surface area contributed by atoms with Crippen LogP contribution in [0.25, 0.3) is 10.4 Å². The van der Waals surface area contributed by atoms with Gasteiger partial charge >= 0.3 is 0 Å². The van der Waals surface area contributed by atoms with Crippen LogP contribution in [-0.2, 0) is 20.9 Å². The Morgan fingerprint density at radius 2 is 1.89 bits per heavy atom. The van der Waals surface area contributed by atoms with Crippen LogP contribution < -0.4 is 10.6 Å². The Balaban J connectivity index is 1.60. The van der Waals surface area contributed by atoms with Crippen molar-refractivity contribution in [2.24, 2.45) is 11.8 Å². The molecule has 36 heavy (non-hydrogen) atoms. The molecule has 0 radical (unpaired) electrons. The second kappa shape index (κ2) is 13.0. The van der Waals surface area contributed by atoms with E-state index in [0.29, 0.717) is 31.8 Å². The Morgan fingerprint density at radius 1 is 1.17 bits per heavy atom. The van der Waals surface area contributed by atoms with Crippen molar-refractivity contribution in [3.8, 4) is 10.4 Å². The summed E-state index contributed by atoms with van der Waals surface area (Å²) in [6.07, 6.45) is 3.37. The number of nitrogens with one attached hydrogen (secondary N) is 2. The Kier molecular flexibility index (Phi) is 10.0. The predicted octanol–water partition coefficient (Wildman–Crippen LogP) is 4.69. The minimum absolute atomic E-state index is 0.00879. The zero-order valence-electron chi connectivity index (χ0n) is 22.2. The van der Waals surface area contributed by atoms with Gasteiger partial charge in [-0.05, 0) is 49.1 Å². The lowest BCUT2D eigenvalue weighted by Crippen LogP contribution is -2.55. The number of amides is 3. The second-order valence-electron chi connectivity index (χ2n) is 10.2. The topological polar surface area (TPSA) is 91.4 Å². The fraction of sp³-hybridized carbons (Fsp3) is 0.571. The Hall–Kier alpha value is -2.74. The van der Waals surface area contributed by atoms with E-state index in [0.717, 1.165) is 41.0 Å². The number of aromatic nitrogens is 1. The second-order valence-corrected chi connectivity index (χ2v) is 11.1. The molecule has 2 heterocycles. The lowest BCUT2D eigenvalue weighted by molar-refractivity contribution is -0.142. The Bertz CT molecular complexity index is 1030. The van der Waals surface area contributed by atoms with Crippen LogP contribution in [0.3, 0.4) is 0 Å². The monoisotopic (exact) mass is 512 g/mol. The summed E-state index contributed by atoms with van der Waals surface area (Å²) < 4.78 is 0. The summed E-state index contributed by atoms with van der Waals surface area (Å²) in [5.74, 6) is 0.0275. The molecule has 0 bridgehead atoms. The van der Waals surface area contributed by atoms with Crippen LogP contribution in [0.5, 0.6) is 0 Å². The fourth-order valence-corrected chi connectivity index (χ4v) is 5.30. The van der Waals surface area contributed by atoms with Gasteiger partial charge < -0.3 is 15.5 Å². The van der Waals surface area contributed by atoms with Gasteiger partial charge in [0, 0.05) is 19.5 Å². The zero-order valence-corrected chi connectivity index (χ0v) is 23.0. The third-order valence-corrected chi connectivity index (χ3v) is 7.99. The van der Waals surface area contributed by atoms with Crippen LogP contribution in [0, 0.1) is 18.8 Å². The standard InChI is InChI=1S/C28H40N4O3S/c1-6-19(4)25(31-24(33)14-9-18(2)3)28(35)32-15-7-8-23(32)27(34)29-16-21-10-12-22(13-11-21)26-20(5)30-17-36-26/h10-13,17-19,23,25H,6-9,14-16H2,1-5H3,(H,29,34)(H,31,33). The number of hydrogen-bond donors (Lipinski definition) is 2. The summed E-state index contributed by atoms with van der Waals surface area (Å²) in [6.45, 7) is 11.1. The van der Waals surface area contributed by atoms with Crippen molar-refractivity contribution >= 4 is 29.1 Å². The first-order valence-electron chi connectivity index (χ1n) is 13.1. The molecule has 3 unspecified atom stereocenters. The summed E-state index contributed by atoms with van der Waals surface area (Å²) in [5, 5.41) is 5.99. The number of carbonyl (C=O) groups excluding carboxylic acids is 3. The smallest absolute Gasteiger partial charge is 0.246 e. The number of hydrogen-bond acceptors (Lipinski definition) is 5. The quantitative estimate of drug-likeness (QED) is 0.457. The molecule has 2 N–H and O–H groups in total. The maximum Gasteiger partial charge on any atom is 0.246 e. The van der Waals surface area contributed by atoms with Crippen molar-refractivity contribution in [2.75, 3.05) is 6.54 Å². The molecule has 3 atom stereocenters. The molecule has 1 aliphatic rings. The highest BCUT2D eigenvalue weighted by Gasteiger charge is 2.39. The number of likely N-dealkylation sites (tertiary alicyclic amines) is 1. The lowest BCUT2D eigenvalue weighted by Gasteiger charge is -2.31. The number of thiazole rings is 1. The van der Waals surface area contributed by atoms with Crippen LogP contribution in [0.2, 0.25) is 0 Å². The number of benzene rings is 1. The molecular weight excluding hydrogens is 472 g/mol. The van der Waals surface area contributed by atoms with E-state index >= 15 is 0 Å². The van der Waals surface area contributed by atoms with E-state index in [1.165, 1.54) is 0 Å². The molecule has 3 rings (SSSR count). The van der Waals surface area contributed by atoms with Gasteiger partial charge in [-0.1, -0.05) is 58.4 Å². The maximum absolute atomic E-state index is 13.5. The van der Waals surface area contributed by atoms with Crippen molar-refractivity contribution < 1.29 is 14.4 Å². The average Bonchev–Trinajstić information content (AvgIpc) is 3.53.